The number of hydrogen-bond acceptors (Lipinski definition) is 3. The molecule has 0 radical (unpaired) electrons. The van der Waals surface area contributed by atoms with Crippen LogP contribution in [-0.2, 0) is 7.05 Å². The van der Waals surface area contributed by atoms with Gasteiger partial charge in [0.25, 0.3) is 5.91 Å². The summed E-state index contributed by atoms with van der Waals surface area (Å²) >= 11 is 0. The van der Waals surface area contributed by atoms with Crippen molar-refractivity contribution in [1.82, 2.24) is 14.9 Å². The molecule has 0 spiro atoms. The summed E-state index contributed by atoms with van der Waals surface area (Å²) < 4.78 is 1.61. The molecule has 0 saturated carbocycles. The predicted octanol–water partition coefficient (Wildman–Crippen LogP) is -0.677. The number of pyridine rings is 1. The van der Waals surface area contributed by atoms with Crippen molar-refractivity contribution < 1.29 is 14.7 Å². The number of nitrogens with one attached hydrogen (secondary N) is 3. The maximum atomic E-state index is 12.2. The lowest BCUT2D eigenvalue weighted by molar-refractivity contribution is -0.502. The minimum absolute atomic E-state index is 0.0211. The number of benzene rings is 1. The number of carbonyl (C=O) groups is 2. The summed E-state index contributed by atoms with van der Waals surface area (Å²) in [6, 6.07) is 9.78. The van der Waals surface area contributed by atoms with E-state index in [0.717, 1.165) is 0 Å². The van der Waals surface area contributed by atoms with Gasteiger partial charge in [-0.15, -0.1) is 10.5 Å². The molecule has 0 bridgehead atoms. The molecule has 1 aromatic heterocycles. The first kappa shape index (κ1) is 17.9. The van der Waals surface area contributed by atoms with Crippen LogP contribution in [0.15, 0.2) is 47.4 Å². The zero-order valence-corrected chi connectivity index (χ0v) is 14.2. The van der Waals surface area contributed by atoms with Crippen LogP contribution in [0.5, 0.6) is 0 Å². The molecule has 8 nitrogen and oxygen atoms in total. The Morgan fingerprint density at radius 1 is 1.16 bits per heavy atom. The van der Waals surface area contributed by atoms with Crippen LogP contribution in [0.3, 0.4) is 0 Å². The van der Waals surface area contributed by atoms with Crippen molar-refractivity contribution in [1.29, 1.82) is 0 Å². The Balaban J connectivity index is 2.18. The minimum atomic E-state index is -0.483. The number of hydrazone groups is 1. The average molecular weight is 342 g/mol. The highest BCUT2D eigenvalue weighted by Gasteiger charge is 2.19. The van der Waals surface area contributed by atoms with Gasteiger partial charge in [0.05, 0.1) is 0 Å². The van der Waals surface area contributed by atoms with Gasteiger partial charge in [0, 0.05) is 39.1 Å². The number of para-hydroxylation sites is 1. The van der Waals surface area contributed by atoms with E-state index in [0.29, 0.717) is 11.4 Å². The zero-order chi connectivity index (χ0) is 18.4. The summed E-state index contributed by atoms with van der Waals surface area (Å²) in [5.41, 5.74) is 3.05. The second-order valence-corrected chi connectivity index (χ2v) is 5.48. The molecule has 8 heteroatoms. The lowest BCUT2D eigenvalue weighted by atomic mass is 10.1. The van der Waals surface area contributed by atoms with E-state index in [-0.39, 0.29) is 5.56 Å². The summed E-state index contributed by atoms with van der Waals surface area (Å²) in [6.45, 7) is 0. The highest BCUT2D eigenvalue weighted by molar-refractivity contribution is 6.00. The van der Waals surface area contributed by atoms with Gasteiger partial charge < -0.3 is 14.8 Å². The van der Waals surface area contributed by atoms with Crippen LogP contribution in [-0.4, -0.2) is 41.7 Å². The monoisotopic (exact) mass is 342 g/mol. The Morgan fingerprint density at radius 3 is 2.48 bits per heavy atom. The number of aryl methyl sites for hydroxylation is 1. The van der Waals surface area contributed by atoms with Crippen LogP contribution >= 0.6 is 0 Å². The SMILES string of the molecule is CN(C)C(=O)c1c(C=[NH+]NC(=O)Nc2ccccc2)n(C)ccc1=O. The van der Waals surface area contributed by atoms with E-state index >= 15 is 0 Å². The lowest BCUT2D eigenvalue weighted by Crippen LogP contribution is -2.82. The number of hydrazine groups is 1. The third-order valence-electron chi connectivity index (χ3n) is 3.38. The fourth-order valence-electron chi connectivity index (χ4n) is 2.11. The van der Waals surface area contributed by atoms with Crippen molar-refractivity contribution in [2.24, 2.45) is 7.05 Å². The van der Waals surface area contributed by atoms with E-state index in [2.05, 4.69) is 15.8 Å². The lowest BCUT2D eigenvalue weighted by Gasteiger charge is -2.12. The average Bonchev–Trinajstić information content (AvgIpc) is 2.58. The first-order valence-corrected chi connectivity index (χ1v) is 7.52. The molecule has 0 aliphatic carbocycles. The predicted molar refractivity (Wildman–Crippen MR) is 94.4 cm³/mol. The zero-order valence-electron chi connectivity index (χ0n) is 14.2. The highest BCUT2D eigenvalue weighted by atomic mass is 16.2. The molecule has 2 rings (SSSR count). The van der Waals surface area contributed by atoms with E-state index in [1.165, 1.54) is 17.2 Å². The van der Waals surface area contributed by atoms with Gasteiger partial charge in [0.1, 0.15) is 11.3 Å². The van der Waals surface area contributed by atoms with Crippen LogP contribution in [0.1, 0.15) is 16.1 Å². The third kappa shape index (κ3) is 4.54. The molecule has 2 aromatic rings. The third-order valence-corrected chi connectivity index (χ3v) is 3.38. The standard InChI is InChI=1S/C17H19N5O3/c1-21(2)16(24)15-13(22(3)10-9-14(15)23)11-18-20-17(25)19-12-7-5-4-6-8-12/h4-11H,1-3H3,(H2,19,20,25)/p+1. The number of nitrogens with zero attached hydrogens (tertiary/aromatic N) is 2. The van der Waals surface area contributed by atoms with E-state index in [4.69, 9.17) is 0 Å². The molecule has 25 heavy (non-hydrogen) atoms. The minimum Gasteiger partial charge on any atom is -0.345 e. The second-order valence-electron chi connectivity index (χ2n) is 5.48. The topological polar surface area (TPSA) is 97.4 Å². The van der Waals surface area contributed by atoms with Crippen molar-refractivity contribution >= 4 is 23.8 Å². The fraction of sp³-hybridized carbons (Fsp3) is 0.176. The summed E-state index contributed by atoms with van der Waals surface area (Å²) in [7, 11) is 4.83. The molecule has 0 aliphatic heterocycles. The second kappa shape index (κ2) is 7.91. The number of rotatable bonds is 4. The Hall–Kier alpha value is -3.42. The summed E-state index contributed by atoms with van der Waals surface area (Å²) in [5.74, 6) is -0.414. The van der Waals surface area contributed by atoms with Gasteiger partial charge in [0.2, 0.25) is 6.21 Å². The molecular weight excluding hydrogens is 322 g/mol. The van der Waals surface area contributed by atoms with Crippen LogP contribution in [0, 0.1) is 0 Å². The number of amides is 3. The van der Waals surface area contributed by atoms with Gasteiger partial charge in [-0.25, -0.2) is 4.79 Å². The first-order chi connectivity index (χ1) is 11.9. The van der Waals surface area contributed by atoms with Gasteiger partial charge in [-0.05, 0) is 12.1 Å². The number of urea groups is 1. The number of anilines is 1. The van der Waals surface area contributed by atoms with Crippen LogP contribution in [0.25, 0.3) is 0 Å². The van der Waals surface area contributed by atoms with Crippen molar-refractivity contribution in [2.45, 2.75) is 0 Å². The van der Waals surface area contributed by atoms with Crippen molar-refractivity contribution in [3.8, 4) is 0 Å². The van der Waals surface area contributed by atoms with Gasteiger partial charge in [-0.3, -0.25) is 9.59 Å². The Labute approximate surface area is 144 Å². The van der Waals surface area contributed by atoms with Crippen LogP contribution in [0.2, 0.25) is 0 Å². The molecule has 0 saturated heterocycles. The molecule has 0 unspecified atom stereocenters. The quantitative estimate of drug-likeness (QED) is 0.507. The largest absolute Gasteiger partial charge is 0.372 e. The normalized spacial score (nSPS) is 10.5. The van der Waals surface area contributed by atoms with Crippen LogP contribution < -0.4 is 21.3 Å². The molecule has 3 N–H and O–H groups in total. The molecule has 0 aliphatic rings. The van der Waals surface area contributed by atoms with Crippen molar-refractivity contribution in [2.75, 3.05) is 19.4 Å². The number of hydrogen-bond donors (Lipinski definition) is 3. The van der Waals surface area contributed by atoms with E-state index < -0.39 is 17.4 Å². The summed E-state index contributed by atoms with van der Waals surface area (Å²) in [6.07, 6.45) is 2.94. The highest BCUT2D eigenvalue weighted by Crippen LogP contribution is 2.04. The molecule has 130 valence electrons. The van der Waals surface area contributed by atoms with Gasteiger partial charge >= 0.3 is 6.03 Å². The molecule has 1 aromatic carbocycles. The van der Waals surface area contributed by atoms with Crippen LogP contribution in [0.4, 0.5) is 10.5 Å². The molecular formula is C17H20N5O3+. The molecule has 1 heterocycles. The fourth-order valence-corrected chi connectivity index (χ4v) is 2.11. The van der Waals surface area contributed by atoms with E-state index in [1.54, 1.807) is 56.2 Å². The van der Waals surface area contributed by atoms with Gasteiger partial charge in [-0.1, -0.05) is 18.2 Å². The van der Waals surface area contributed by atoms with Crippen molar-refractivity contribution in [3.63, 3.8) is 0 Å². The van der Waals surface area contributed by atoms with E-state index in [9.17, 15) is 14.4 Å². The Bertz CT molecular complexity index is 856. The van der Waals surface area contributed by atoms with E-state index in [1.807, 2.05) is 6.07 Å². The maximum absolute atomic E-state index is 12.2. The summed E-state index contributed by atoms with van der Waals surface area (Å²) in [5, 5.41) is 5.24. The van der Waals surface area contributed by atoms with Gasteiger partial charge in [-0.2, -0.15) is 0 Å². The molecule has 3 amide bonds. The maximum Gasteiger partial charge on any atom is 0.372 e. The Kier molecular flexibility index (Phi) is 5.67. The van der Waals surface area contributed by atoms with Gasteiger partial charge in [0.15, 0.2) is 5.43 Å². The molecule has 0 fully saturated rings. The number of aromatic nitrogens is 1. The molecule has 0 atom stereocenters. The number of carbonyl (C=O) groups excluding carboxylic acids is 2. The first-order valence-electron chi connectivity index (χ1n) is 7.52. The smallest absolute Gasteiger partial charge is 0.345 e. The van der Waals surface area contributed by atoms with Crippen molar-refractivity contribution in [3.05, 3.63) is 64.1 Å². The Morgan fingerprint density at radius 2 is 1.84 bits per heavy atom. The summed E-state index contributed by atoms with van der Waals surface area (Å²) in [4.78, 5) is 37.5.